The Morgan fingerprint density at radius 1 is 0.781 bits per heavy atom. The molecule has 0 saturated heterocycles. The number of anilines is 3. The smallest absolute Gasteiger partial charge is 0.282 e. The van der Waals surface area contributed by atoms with Crippen LogP contribution in [0, 0.1) is 13.8 Å². The van der Waals surface area contributed by atoms with Gasteiger partial charge in [0.1, 0.15) is 5.70 Å². The lowest BCUT2D eigenvalue weighted by atomic mass is 10.0. The van der Waals surface area contributed by atoms with Crippen LogP contribution in [-0.2, 0) is 14.4 Å². The minimum absolute atomic E-state index is 0.184. The number of amides is 3. The number of imide groups is 1. The quantitative estimate of drug-likeness (QED) is 0.583. The maximum absolute atomic E-state index is 13.5. The van der Waals surface area contributed by atoms with Crippen molar-refractivity contribution in [2.45, 2.75) is 20.8 Å². The van der Waals surface area contributed by atoms with Gasteiger partial charge in [-0.3, -0.25) is 14.4 Å². The molecule has 1 heterocycles. The highest BCUT2D eigenvalue weighted by molar-refractivity contribution is 6.46. The Morgan fingerprint density at radius 3 is 2.06 bits per heavy atom. The van der Waals surface area contributed by atoms with Crippen LogP contribution in [0.2, 0.25) is 0 Å². The number of benzene rings is 3. The second-order valence-electron chi connectivity index (χ2n) is 7.79. The van der Waals surface area contributed by atoms with E-state index in [9.17, 15) is 14.4 Å². The van der Waals surface area contributed by atoms with Crippen LogP contribution in [0.5, 0.6) is 0 Å². The maximum atomic E-state index is 13.5. The lowest BCUT2D eigenvalue weighted by Gasteiger charge is -2.16. The molecule has 6 heteroatoms. The number of rotatable bonds is 5. The summed E-state index contributed by atoms with van der Waals surface area (Å²) in [5.41, 5.74) is 4.92. The molecule has 0 atom stereocenters. The van der Waals surface area contributed by atoms with E-state index in [2.05, 4.69) is 10.6 Å². The molecular weight excluding hydrogens is 402 g/mol. The zero-order valence-corrected chi connectivity index (χ0v) is 18.1. The van der Waals surface area contributed by atoms with Gasteiger partial charge in [0.05, 0.1) is 11.3 Å². The Kier molecular flexibility index (Phi) is 5.60. The van der Waals surface area contributed by atoms with Crippen LogP contribution in [0.1, 0.15) is 23.6 Å². The first-order chi connectivity index (χ1) is 15.3. The third-order valence-corrected chi connectivity index (χ3v) is 5.13. The molecule has 6 nitrogen and oxygen atoms in total. The molecule has 1 aliphatic heterocycles. The average molecular weight is 425 g/mol. The van der Waals surface area contributed by atoms with Crippen molar-refractivity contribution in [2.75, 3.05) is 15.5 Å². The van der Waals surface area contributed by atoms with E-state index in [1.807, 2.05) is 56.3 Å². The monoisotopic (exact) mass is 425 g/mol. The highest BCUT2D eigenvalue weighted by Crippen LogP contribution is 2.34. The normalized spacial score (nSPS) is 13.5. The van der Waals surface area contributed by atoms with E-state index < -0.39 is 11.8 Å². The number of nitrogens with zero attached hydrogens (tertiary/aromatic N) is 1. The Labute approximate surface area is 186 Å². The first kappa shape index (κ1) is 21.1. The number of aryl methyl sites for hydroxylation is 2. The molecule has 0 fully saturated rings. The van der Waals surface area contributed by atoms with Crippen molar-refractivity contribution in [3.63, 3.8) is 0 Å². The molecule has 1 aliphatic rings. The third-order valence-electron chi connectivity index (χ3n) is 5.13. The fraction of sp³-hybridized carbons (Fsp3) is 0.115. The van der Waals surface area contributed by atoms with Crippen molar-refractivity contribution >= 4 is 40.4 Å². The summed E-state index contributed by atoms with van der Waals surface area (Å²) in [6.07, 6.45) is 0. The summed E-state index contributed by atoms with van der Waals surface area (Å²) < 4.78 is 0. The van der Waals surface area contributed by atoms with Crippen LogP contribution in [0.4, 0.5) is 17.1 Å². The summed E-state index contributed by atoms with van der Waals surface area (Å²) in [5.74, 6) is -0.998. The molecule has 0 spiro atoms. The van der Waals surface area contributed by atoms with Crippen LogP contribution in [0.15, 0.2) is 78.5 Å². The standard InChI is InChI=1S/C26H23N3O3/c1-16-6-4-8-21(14-16)28-24-23(19-10-12-20(13-11-19)27-18(3)30)25(31)29(26(24)32)22-9-5-7-17(2)15-22/h4-15,28H,1-3H3,(H,27,30). The second kappa shape index (κ2) is 8.51. The first-order valence-electron chi connectivity index (χ1n) is 10.2. The van der Waals surface area contributed by atoms with E-state index in [-0.39, 0.29) is 17.2 Å². The Hall–Kier alpha value is -4.19. The van der Waals surface area contributed by atoms with Crippen molar-refractivity contribution < 1.29 is 14.4 Å². The highest BCUT2D eigenvalue weighted by Gasteiger charge is 2.40. The van der Waals surface area contributed by atoms with E-state index in [1.165, 1.54) is 11.8 Å². The molecule has 3 aromatic carbocycles. The molecule has 3 amide bonds. The van der Waals surface area contributed by atoms with Gasteiger partial charge in [-0.2, -0.15) is 0 Å². The summed E-state index contributed by atoms with van der Waals surface area (Å²) in [4.78, 5) is 39.5. The summed E-state index contributed by atoms with van der Waals surface area (Å²) in [5, 5.41) is 5.88. The SMILES string of the molecule is CC(=O)Nc1ccc(C2=C(Nc3cccc(C)c3)C(=O)N(c3cccc(C)c3)C2=O)cc1. The van der Waals surface area contributed by atoms with Gasteiger partial charge in [0, 0.05) is 18.3 Å². The molecule has 0 bridgehead atoms. The van der Waals surface area contributed by atoms with Crippen LogP contribution >= 0.6 is 0 Å². The third kappa shape index (κ3) is 4.16. The van der Waals surface area contributed by atoms with Gasteiger partial charge in [0.15, 0.2) is 0 Å². The summed E-state index contributed by atoms with van der Waals surface area (Å²) in [6.45, 7) is 5.30. The summed E-state index contributed by atoms with van der Waals surface area (Å²) in [7, 11) is 0. The number of nitrogens with one attached hydrogen (secondary N) is 2. The van der Waals surface area contributed by atoms with E-state index >= 15 is 0 Å². The summed E-state index contributed by atoms with van der Waals surface area (Å²) in [6, 6.07) is 21.8. The Morgan fingerprint density at radius 2 is 1.44 bits per heavy atom. The van der Waals surface area contributed by atoms with Crippen LogP contribution < -0.4 is 15.5 Å². The molecule has 160 valence electrons. The lowest BCUT2D eigenvalue weighted by molar-refractivity contribution is -0.120. The van der Waals surface area contributed by atoms with Crippen LogP contribution in [-0.4, -0.2) is 17.7 Å². The largest absolute Gasteiger partial charge is 0.350 e. The zero-order chi connectivity index (χ0) is 22.8. The van der Waals surface area contributed by atoms with E-state index in [0.29, 0.717) is 16.9 Å². The highest BCUT2D eigenvalue weighted by atomic mass is 16.2. The number of hydrogen-bond acceptors (Lipinski definition) is 4. The van der Waals surface area contributed by atoms with E-state index in [0.717, 1.165) is 16.8 Å². The van der Waals surface area contributed by atoms with Crippen molar-refractivity contribution in [3.05, 3.63) is 95.2 Å². The van der Waals surface area contributed by atoms with Gasteiger partial charge in [0.2, 0.25) is 5.91 Å². The van der Waals surface area contributed by atoms with Crippen molar-refractivity contribution in [1.82, 2.24) is 0 Å². The molecule has 0 aliphatic carbocycles. The van der Waals surface area contributed by atoms with Crippen LogP contribution in [0.3, 0.4) is 0 Å². The van der Waals surface area contributed by atoms with Crippen molar-refractivity contribution in [3.8, 4) is 0 Å². The molecule has 0 saturated carbocycles. The van der Waals surface area contributed by atoms with Gasteiger partial charge in [0.25, 0.3) is 11.8 Å². The average Bonchev–Trinajstić information content (AvgIpc) is 2.98. The molecule has 4 rings (SSSR count). The number of hydrogen-bond donors (Lipinski definition) is 2. The van der Waals surface area contributed by atoms with Crippen LogP contribution in [0.25, 0.3) is 5.57 Å². The topological polar surface area (TPSA) is 78.5 Å². The molecule has 2 N–H and O–H groups in total. The zero-order valence-electron chi connectivity index (χ0n) is 18.1. The number of carbonyl (C=O) groups excluding carboxylic acids is 3. The van der Waals surface area contributed by atoms with Crippen molar-refractivity contribution in [1.29, 1.82) is 0 Å². The summed E-state index contributed by atoms with van der Waals surface area (Å²) >= 11 is 0. The van der Waals surface area contributed by atoms with E-state index in [4.69, 9.17) is 0 Å². The van der Waals surface area contributed by atoms with Gasteiger partial charge >= 0.3 is 0 Å². The second-order valence-corrected chi connectivity index (χ2v) is 7.79. The Balaban J connectivity index is 1.79. The lowest BCUT2D eigenvalue weighted by Crippen LogP contribution is -2.32. The Bertz CT molecular complexity index is 1260. The fourth-order valence-electron chi connectivity index (χ4n) is 3.71. The maximum Gasteiger partial charge on any atom is 0.282 e. The molecule has 0 radical (unpaired) electrons. The minimum Gasteiger partial charge on any atom is -0.350 e. The molecule has 0 aromatic heterocycles. The van der Waals surface area contributed by atoms with Gasteiger partial charge in [-0.1, -0.05) is 36.4 Å². The molecule has 32 heavy (non-hydrogen) atoms. The molecule has 3 aromatic rings. The predicted octanol–water partition coefficient (Wildman–Crippen LogP) is 4.66. The minimum atomic E-state index is -0.414. The molecular formula is C26H23N3O3. The van der Waals surface area contributed by atoms with E-state index in [1.54, 1.807) is 30.3 Å². The van der Waals surface area contributed by atoms with Gasteiger partial charge in [-0.25, -0.2) is 4.90 Å². The predicted molar refractivity (Wildman–Crippen MR) is 126 cm³/mol. The number of carbonyl (C=O) groups is 3. The van der Waals surface area contributed by atoms with Gasteiger partial charge in [-0.15, -0.1) is 0 Å². The first-order valence-corrected chi connectivity index (χ1v) is 10.2. The van der Waals surface area contributed by atoms with Gasteiger partial charge in [-0.05, 0) is 66.9 Å². The van der Waals surface area contributed by atoms with Crippen molar-refractivity contribution in [2.24, 2.45) is 0 Å². The van der Waals surface area contributed by atoms with Gasteiger partial charge < -0.3 is 10.6 Å². The fourth-order valence-corrected chi connectivity index (χ4v) is 3.71. The molecule has 0 unspecified atom stereocenters.